The first-order valence-electron chi connectivity index (χ1n) is 11.4. The van der Waals surface area contributed by atoms with Crippen LogP contribution in [0.5, 0.6) is 0 Å². The van der Waals surface area contributed by atoms with Gasteiger partial charge in [0.25, 0.3) is 0 Å². The molecule has 35 heavy (non-hydrogen) atoms. The largest absolute Gasteiger partial charge is 0.497 e. The molecule has 6 N–H and O–H groups in total. The number of nitrogens with zero attached hydrogens (tertiary/aromatic N) is 2. The van der Waals surface area contributed by atoms with Gasteiger partial charge >= 0.3 is 0 Å². The summed E-state index contributed by atoms with van der Waals surface area (Å²) in [5, 5.41) is 6.29. The summed E-state index contributed by atoms with van der Waals surface area (Å²) in [5.41, 5.74) is 14.7. The monoisotopic (exact) mass is 478 g/mol. The van der Waals surface area contributed by atoms with Crippen molar-refractivity contribution in [1.29, 1.82) is 0 Å². The zero-order valence-corrected chi connectivity index (χ0v) is 20.6. The molecule has 8 nitrogen and oxygen atoms in total. The Labute approximate surface area is 209 Å². The zero-order valence-electron chi connectivity index (χ0n) is 20.6. The summed E-state index contributed by atoms with van der Waals surface area (Å²) in [6.45, 7) is 6.58. The number of ether oxygens (including phenoxy) is 2. The Bertz CT molecular complexity index is 927. The molecule has 1 aromatic rings. The van der Waals surface area contributed by atoms with Gasteiger partial charge in [0.05, 0.1) is 18.8 Å². The van der Waals surface area contributed by atoms with Gasteiger partial charge in [-0.05, 0) is 41.5 Å². The second-order valence-electron chi connectivity index (χ2n) is 7.36. The molecule has 0 bridgehead atoms. The van der Waals surface area contributed by atoms with E-state index in [1.807, 2.05) is 30.4 Å². The minimum Gasteiger partial charge on any atom is -0.497 e. The van der Waals surface area contributed by atoms with Crippen LogP contribution in [0.25, 0.3) is 6.08 Å². The summed E-state index contributed by atoms with van der Waals surface area (Å²) in [6.07, 6.45) is 21.8. The summed E-state index contributed by atoms with van der Waals surface area (Å²) in [5.74, 6) is 3.83. The fourth-order valence-corrected chi connectivity index (χ4v) is 2.67. The molecule has 0 saturated carbocycles. The van der Waals surface area contributed by atoms with Crippen LogP contribution in [0.15, 0.2) is 83.3 Å². The van der Waals surface area contributed by atoms with Gasteiger partial charge in [-0.25, -0.2) is 0 Å². The molecule has 0 unspecified atom stereocenters. The fraction of sp³-hybridized carbons (Fsp3) is 0.333. The fourth-order valence-electron chi connectivity index (χ4n) is 2.67. The Hall–Kier alpha value is -3.80. The third kappa shape index (κ3) is 15.6. The maximum atomic E-state index is 6.05. The van der Waals surface area contributed by atoms with Gasteiger partial charge in [-0.2, -0.15) is 0 Å². The van der Waals surface area contributed by atoms with E-state index < -0.39 is 0 Å². The second-order valence-corrected chi connectivity index (χ2v) is 7.36. The van der Waals surface area contributed by atoms with E-state index in [9.17, 15) is 0 Å². The lowest BCUT2D eigenvalue weighted by atomic mass is 10.1. The maximum Gasteiger partial charge on any atom is 0.108 e. The molecule has 1 heterocycles. The molecular weight excluding hydrogens is 440 g/mol. The first-order valence-corrected chi connectivity index (χ1v) is 11.4. The van der Waals surface area contributed by atoms with Crippen molar-refractivity contribution in [2.75, 3.05) is 40.1 Å². The van der Waals surface area contributed by atoms with Crippen molar-refractivity contribution in [3.63, 3.8) is 0 Å². The number of terminal acetylenes is 1. The van der Waals surface area contributed by atoms with Crippen molar-refractivity contribution >= 4 is 12.3 Å². The molecule has 0 atom stereocenters. The zero-order chi connectivity index (χ0) is 25.6. The predicted molar refractivity (Wildman–Crippen MR) is 145 cm³/mol. The quantitative estimate of drug-likeness (QED) is 0.0842. The number of hydrogen-bond donors (Lipinski definition) is 4. The lowest BCUT2D eigenvalue weighted by molar-refractivity contribution is 0.143. The van der Waals surface area contributed by atoms with Crippen LogP contribution in [0, 0.1) is 12.3 Å². The van der Waals surface area contributed by atoms with Crippen LogP contribution in [0.3, 0.4) is 0 Å². The topological polar surface area (TPSA) is 120 Å². The average Bonchev–Trinajstić information content (AvgIpc) is 2.87. The highest BCUT2D eigenvalue weighted by molar-refractivity contribution is 5.59. The summed E-state index contributed by atoms with van der Waals surface area (Å²) < 4.78 is 10.7. The molecular formula is C27H38N6O2. The van der Waals surface area contributed by atoms with Crippen molar-refractivity contribution < 1.29 is 9.47 Å². The third-order valence-corrected chi connectivity index (χ3v) is 4.44. The minimum absolute atomic E-state index is 0.350. The van der Waals surface area contributed by atoms with Crippen LogP contribution < -0.4 is 22.1 Å². The Morgan fingerprint density at radius 3 is 2.86 bits per heavy atom. The van der Waals surface area contributed by atoms with E-state index in [-0.39, 0.29) is 0 Å². The van der Waals surface area contributed by atoms with Crippen molar-refractivity contribution in [1.82, 2.24) is 15.6 Å². The van der Waals surface area contributed by atoms with Crippen molar-refractivity contribution in [2.45, 2.75) is 19.3 Å². The highest BCUT2D eigenvalue weighted by Gasteiger charge is 1.97. The van der Waals surface area contributed by atoms with Gasteiger partial charge in [0.1, 0.15) is 12.4 Å². The molecule has 0 aromatic carbocycles. The van der Waals surface area contributed by atoms with Crippen LogP contribution in [-0.2, 0) is 9.47 Å². The number of nitrogens with two attached hydrogens (primary N) is 2. The van der Waals surface area contributed by atoms with E-state index >= 15 is 0 Å². The van der Waals surface area contributed by atoms with Gasteiger partial charge in [-0.3, -0.25) is 9.98 Å². The molecule has 0 spiro atoms. The molecule has 0 amide bonds. The molecule has 1 rings (SSSR count). The SMILES string of the molecule is C#CC/C(=C\CC=NCN/C(N)=C/C=C(/N)CNC/C(C=C)=C/c1cccnc1)OCCCOC. The van der Waals surface area contributed by atoms with E-state index in [1.54, 1.807) is 37.9 Å². The number of methoxy groups -OCH3 is 1. The summed E-state index contributed by atoms with van der Waals surface area (Å²) in [6, 6.07) is 3.88. The van der Waals surface area contributed by atoms with Gasteiger partial charge in [0.2, 0.25) is 0 Å². The van der Waals surface area contributed by atoms with Gasteiger partial charge < -0.3 is 31.6 Å². The number of rotatable bonds is 18. The molecule has 188 valence electrons. The number of hydrogen-bond acceptors (Lipinski definition) is 8. The summed E-state index contributed by atoms with van der Waals surface area (Å²) in [4.78, 5) is 8.39. The van der Waals surface area contributed by atoms with Crippen LogP contribution in [0.2, 0.25) is 0 Å². The second kappa shape index (κ2) is 19.6. The van der Waals surface area contributed by atoms with E-state index in [2.05, 4.69) is 33.1 Å². The number of nitrogens with one attached hydrogen (secondary N) is 2. The van der Waals surface area contributed by atoms with E-state index in [0.717, 1.165) is 23.3 Å². The Balaban J connectivity index is 2.35. The maximum absolute atomic E-state index is 6.05. The molecule has 1 aromatic heterocycles. The van der Waals surface area contributed by atoms with E-state index in [1.165, 1.54) is 0 Å². The number of aliphatic imine (C=N–C) groups is 1. The summed E-state index contributed by atoms with van der Waals surface area (Å²) >= 11 is 0. The average molecular weight is 479 g/mol. The molecule has 8 heteroatoms. The first-order chi connectivity index (χ1) is 17.1. The highest BCUT2D eigenvalue weighted by atomic mass is 16.5. The van der Waals surface area contributed by atoms with Crippen LogP contribution in [0.1, 0.15) is 24.8 Å². The van der Waals surface area contributed by atoms with Crippen LogP contribution >= 0.6 is 0 Å². The van der Waals surface area contributed by atoms with E-state index in [0.29, 0.717) is 57.3 Å². The predicted octanol–water partition coefficient (Wildman–Crippen LogP) is 2.85. The van der Waals surface area contributed by atoms with Gasteiger partial charge in [-0.1, -0.05) is 24.6 Å². The van der Waals surface area contributed by atoms with Crippen LogP contribution in [0.4, 0.5) is 0 Å². The lowest BCUT2D eigenvalue weighted by Crippen LogP contribution is -2.23. The van der Waals surface area contributed by atoms with Crippen molar-refractivity contribution in [3.05, 3.63) is 83.8 Å². The smallest absolute Gasteiger partial charge is 0.108 e. The van der Waals surface area contributed by atoms with Gasteiger partial charge in [0, 0.05) is 64.0 Å². The molecule has 0 aliphatic carbocycles. The molecule has 0 saturated heterocycles. The molecule has 0 radical (unpaired) electrons. The number of allylic oxidation sites excluding steroid dienone is 4. The Morgan fingerprint density at radius 1 is 1.29 bits per heavy atom. The highest BCUT2D eigenvalue weighted by Crippen LogP contribution is 2.06. The third-order valence-electron chi connectivity index (χ3n) is 4.44. The Kier molecular flexibility index (Phi) is 16.4. The van der Waals surface area contributed by atoms with E-state index in [4.69, 9.17) is 27.4 Å². The van der Waals surface area contributed by atoms with Crippen molar-refractivity contribution in [2.24, 2.45) is 16.5 Å². The Morgan fingerprint density at radius 2 is 2.14 bits per heavy atom. The molecule has 0 aliphatic rings. The normalized spacial score (nSPS) is 13.0. The van der Waals surface area contributed by atoms with Crippen molar-refractivity contribution in [3.8, 4) is 12.3 Å². The number of pyridine rings is 1. The molecule has 0 fully saturated rings. The molecule has 0 aliphatic heterocycles. The van der Waals surface area contributed by atoms with Crippen LogP contribution in [-0.4, -0.2) is 51.3 Å². The van der Waals surface area contributed by atoms with Gasteiger partial charge in [0.15, 0.2) is 0 Å². The first kappa shape index (κ1) is 29.2. The number of aromatic nitrogens is 1. The standard InChI is InChI=1S/C27H38N6O2/c1-4-9-26(35-17-8-16-34-3)11-7-15-31-22-33-27(29)13-12-25(28)21-32-19-23(5-2)18-24-10-6-14-30-20-24/h1,5-6,10-15,18,20,32-33H,2,7-9,16-17,19,21-22,28-29H2,3H3/b23-18+,25-12+,26-11+,27-13+,31-15?. The van der Waals surface area contributed by atoms with Gasteiger partial charge in [-0.15, -0.1) is 6.42 Å². The summed E-state index contributed by atoms with van der Waals surface area (Å²) in [7, 11) is 1.66. The lowest BCUT2D eigenvalue weighted by Gasteiger charge is -2.07. The minimum atomic E-state index is 0.350.